The molecule has 2 N–H and O–H groups in total. The van der Waals surface area contributed by atoms with Gasteiger partial charge in [0.2, 0.25) is 9.84 Å². The van der Waals surface area contributed by atoms with Crippen molar-refractivity contribution in [3.8, 4) is 11.1 Å². The fraction of sp³-hybridized carbons (Fsp3) is 0.0909. The number of amides is 1. The normalized spacial score (nSPS) is 11.6. The predicted molar refractivity (Wildman–Crippen MR) is 119 cm³/mol. The third-order valence-electron chi connectivity index (χ3n) is 4.90. The molecule has 4 rings (SSSR count). The Hall–Kier alpha value is -2.97. The van der Waals surface area contributed by atoms with Gasteiger partial charge in [0.25, 0.3) is 5.91 Å². The molecule has 0 aliphatic rings. The third-order valence-corrected chi connectivity index (χ3v) is 7.61. The number of nitrogens with zero attached hydrogens (tertiary/aromatic N) is 1. The van der Waals surface area contributed by atoms with Crippen molar-refractivity contribution in [2.75, 3.05) is 7.05 Å². The zero-order valence-electron chi connectivity index (χ0n) is 16.2. The quantitative estimate of drug-likeness (QED) is 0.447. The average molecular weight is 484 g/mol. The van der Waals surface area contributed by atoms with Gasteiger partial charge >= 0.3 is 0 Å². The van der Waals surface area contributed by atoms with Gasteiger partial charge in [-0.15, -0.1) is 0 Å². The standard InChI is InChI=1S/C22H18BrN3O3S/c1-13-3-9-16(10-4-13)30(28,29)20-18(23)12-26-21-19(20)17(11-25-21)14-5-7-15(8-6-14)22(27)24-2/h3-12H,1-2H3,(H,24,27)(H,25,26). The molecule has 6 nitrogen and oxygen atoms in total. The molecule has 30 heavy (non-hydrogen) atoms. The Morgan fingerprint density at radius 1 is 1.07 bits per heavy atom. The number of pyridine rings is 1. The van der Waals surface area contributed by atoms with Crippen LogP contribution in [-0.2, 0) is 9.84 Å². The van der Waals surface area contributed by atoms with Gasteiger partial charge in [-0.3, -0.25) is 4.79 Å². The van der Waals surface area contributed by atoms with Crippen LogP contribution in [0.2, 0.25) is 0 Å². The second-order valence-electron chi connectivity index (χ2n) is 6.83. The highest BCUT2D eigenvalue weighted by atomic mass is 79.9. The van der Waals surface area contributed by atoms with E-state index >= 15 is 0 Å². The summed E-state index contributed by atoms with van der Waals surface area (Å²) in [5, 5.41) is 3.08. The van der Waals surface area contributed by atoms with Crippen LogP contribution < -0.4 is 5.32 Å². The molecule has 2 aromatic carbocycles. The van der Waals surface area contributed by atoms with Crippen LogP contribution in [0, 0.1) is 6.92 Å². The van der Waals surface area contributed by atoms with Crippen molar-refractivity contribution in [1.29, 1.82) is 0 Å². The highest BCUT2D eigenvalue weighted by molar-refractivity contribution is 9.10. The van der Waals surface area contributed by atoms with Crippen LogP contribution in [0.5, 0.6) is 0 Å². The predicted octanol–water partition coefficient (Wildman–Crippen LogP) is 4.49. The van der Waals surface area contributed by atoms with E-state index in [9.17, 15) is 13.2 Å². The maximum absolute atomic E-state index is 13.5. The van der Waals surface area contributed by atoms with E-state index in [1.807, 2.05) is 6.92 Å². The number of carbonyl (C=O) groups excluding carboxylic acids is 1. The first-order valence-corrected chi connectivity index (χ1v) is 11.4. The fourth-order valence-corrected chi connectivity index (χ4v) is 5.77. The number of aromatic amines is 1. The van der Waals surface area contributed by atoms with Crippen LogP contribution in [-0.4, -0.2) is 31.3 Å². The fourth-order valence-electron chi connectivity index (χ4n) is 3.31. The van der Waals surface area contributed by atoms with E-state index in [1.54, 1.807) is 61.8 Å². The van der Waals surface area contributed by atoms with Crippen molar-refractivity contribution < 1.29 is 13.2 Å². The first-order valence-electron chi connectivity index (χ1n) is 9.13. The smallest absolute Gasteiger partial charge is 0.251 e. The first-order chi connectivity index (χ1) is 14.3. The Morgan fingerprint density at radius 3 is 2.37 bits per heavy atom. The molecule has 0 aliphatic carbocycles. The van der Waals surface area contributed by atoms with Gasteiger partial charge in [0, 0.05) is 36.0 Å². The van der Waals surface area contributed by atoms with E-state index in [1.165, 1.54) is 6.20 Å². The molecular formula is C22H18BrN3O3S. The Bertz CT molecular complexity index is 1360. The van der Waals surface area contributed by atoms with Crippen LogP contribution in [0.25, 0.3) is 22.2 Å². The zero-order valence-corrected chi connectivity index (χ0v) is 18.6. The van der Waals surface area contributed by atoms with E-state index in [0.717, 1.165) is 11.1 Å². The van der Waals surface area contributed by atoms with Gasteiger partial charge in [0.15, 0.2) is 0 Å². The third kappa shape index (κ3) is 3.42. The van der Waals surface area contributed by atoms with Crippen molar-refractivity contribution in [3.05, 3.63) is 76.5 Å². The van der Waals surface area contributed by atoms with Crippen molar-refractivity contribution in [2.45, 2.75) is 16.7 Å². The largest absolute Gasteiger partial charge is 0.355 e. The molecule has 0 aliphatic heterocycles. The summed E-state index contributed by atoms with van der Waals surface area (Å²) in [6.45, 7) is 1.91. The first kappa shape index (κ1) is 20.3. The minimum Gasteiger partial charge on any atom is -0.355 e. The van der Waals surface area contributed by atoms with Gasteiger partial charge in [-0.2, -0.15) is 0 Å². The molecule has 4 aromatic rings. The molecule has 0 bridgehead atoms. The number of benzene rings is 2. The van der Waals surface area contributed by atoms with E-state index in [4.69, 9.17) is 0 Å². The van der Waals surface area contributed by atoms with Gasteiger partial charge in [-0.1, -0.05) is 29.8 Å². The lowest BCUT2D eigenvalue weighted by molar-refractivity contribution is 0.0963. The molecule has 0 unspecified atom stereocenters. The Labute approximate surface area is 182 Å². The van der Waals surface area contributed by atoms with E-state index < -0.39 is 9.84 Å². The van der Waals surface area contributed by atoms with Crippen LogP contribution in [0.3, 0.4) is 0 Å². The number of aromatic nitrogens is 2. The number of H-pyrrole nitrogens is 1. The summed E-state index contributed by atoms with van der Waals surface area (Å²) in [6, 6.07) is 13.7. The highest BCUT2D eigenvalue weighted by Crippen LogP contribution is 2.39. The molecule has 0 saturated heterocycles. The average Bonchev–Trinajstić information content (AvgIpc) is 3.17. The monoisotopic (exact) mass is 483 g/mol. The number of fused-ring (bicyclic) bond motifs is 1. The van der Waals surface area contributed by atoms with Crippen LogP contribution in [0.15, 0.2) is 75.2 Å². The second-order valence-corrected chi connectivity index (χ2v) is 9.58. The highest BCUT2D eigenvalue weighted by Gasteiger charge is 2.27. The number of hydrogen-bond donors (Lipinski definition) is 2. The van der Waals surface area contributed by atoms with Gasteiger partial charge in [0.1, 0.15) is 5.65 Å². The lowest BCUT2D eigenvalue weighted by atomic mass is 10.0. The van der Waals surface area contributed by atoms with Gasteiger partial charge in [0.05, 0.1) is 14.3 Å². The number of rotatable bonds is 4. The summed E-state index contributed by atoms with van der Waals surface area (Å²) in [5.41, 5.74) is 3.43. The molecular weight excluding hydrogens is 466 g/mol. The minimum atomic E-state index is -3.81. The summed E-state index contributed by atoms with van der Waals surface area (Å²) < 4.78 is 27.4. The van der Waals surface area contributed by atoms with Gasteiger partial charge in [-0.25, -0.2) is 13.4 Å². The zero-order chi connectivity index (χ0) is 21.5. The molecule has 2 heterocycles. The maximum atomic E-state index is 13.5. The van der Waals surface area contributed by atoms with Crippen LogP contribution in [0.1, 0.15) is 15.9 Å². The van der Waals surface area contributed by atoms with Crippen molar-refractivity contribution in [2.24, 2.45) is 0 Å². The lowest BCUT2D eigenvalue weighted by Gasteiger charge is -2.11. The lowest BCUT2D eigenvalue weighted by Crippen LogP contribution is -2.17. The van der Waals surface area contributed by atoms with Crippen LogP contribution in [0.4, 0.5) is 0 Å². The molecule has 0 spiro atoms. The molecule has 8 heteroatoms. The molecule has 0 fully saturated rings. The molecule has 2 aromatic heterocycles. The maximum Gasteiger partial charge on any atom is 0.251 e. The summed E-state index contributed by atoms with van der Waals surface area (Å²) in [6.07, 6.45) is 3.21. The summed E-state index contributed by atoms with van der Waals surface area (Å²) in [7, 11) is -2.24. The summed E-state index contributed by atoms with van der Waals surface area (Å²) >= 11 is 3.39. The van der Waals surface area contributed by atoms with Crippen molar-refractivity contribution in [3.63, 3.8) is 0 Å². The summed E-state index contributed by atoms with van der Waals surface area (Å²) in [4.78, 5) is 19.6. The molecule has 1 amide bonds. The topological polar surface area (TPSA) is 91.9 Å². The van der Waals surface area contributed by atoms with Crippen LogP contribution >= 0.6 is 15.9 Å². The van der Waals surface area contributed by atoms with E-state index in [0.29, 0.717) is 26.6 Å². The Morgan fingerprint density at radius 2 is 1.73 bits per heavy atom. The number of nitrogens with one attached hydrogen (secondary N) is 2. The van der Waals surface area contributed by atoms with E-state index in [2.05, 4.69) is 31.2 Å². The SMILES string of the molecule is CNC(=O)c1ccc(-c2c[nH]c3ncc(Br)c(S(=O)(=O)c4ccc(C)cc4)c23)cc1. The van der Waals surface area contributed by atoms with Gasteiger partial charge in [-0.05, 0) is 52.7 Å². The molecule has 152 valence electrons. The minimum absolute atomic E-state index is 0.156. The van der Waals surface area contributed by atoms with Gasteiger partial charge < -0.3 is 10.3 Å². The number of halogens is 1. The molecule has 0 saturated carbocycles. The van der Waals surface area contributed by atoms with E-state index in [-0.39, 0.29) is 15.7 Å². The second kappa shape index (κ2) is 7.70. The van der Waals surface area contributed by atoms with Crippen molar-refractivity contribution >= 4 is 42.7 Å². The molecule has 0 atom stereocenters. The number of hydrogen-bond acceptors (Lipinski definition) is 4. The Balaban J connectivity index is 1.94. The number of sulfone groups is 1. The van der Waals surface area contributed by atoms with Crippen molar-refractivity contribution in [1.82, 2.24) is 15.3 Å². The summed E-state index contributed by atoms with van der Waals surface area (Å²) in [5.74, 6) is -0.187. The number of carbonyl (C=O) groups is 1. The number of aryl methyl sites for hydroxylation is 1. The Kier molecular flexibility index (Phi) is 5.21. The molecule has 0 radical (unpaired) electrons.